The Balaban J connectivity index is 2.95. The molecule has 0 atom stereocenters. The van der Waals surface area contributed by atoms with Crippen molar-refractivity contribution in [3.05, 3.63) is 5.82 Å². The first-order valence-electron chi connectivity index (χ1n) is 4.21. The van der Waals surface area contributed by atoms with E-state index in [-0.39, 0.29) is 17.5 Å². The van der Waals surface area contributed by atoms with Gasteiger partial charge in [0.25, 0.3) is 0 Å². The zero-order chi connectivity index (χ0) is 12.3. The molecular weight excluding hydrogens is 247 g/mol. The Morgan fingerprint density at radius 2 is 2.12 bits per heavy atom. The zero-order valence-corrected chi connectivity index (χ0v) is 8.97. The highest BCUT2D eigenvalue weighted by Gasteiger charge is 2.38. The summed E-state index contributed by atoms with van der Waals surface area (Å²) in [4.78, 5) is 10.3. The standard InChI is InChI=1S/C7H8F3N3O2S/c1-2-13-5(7(8,9)10)11-12-6(13)16-3-4(14)15/h2-3H2,1H3,(H,14,15). The number of rotatable bonds is 4. The van der Waals surface area contributed by atoms with E-state index in [1.807, 2.05) is 0 Å². The molecule has 0 aliphatic rings. The first-order chi connectivity index (χ1) is 7.36. The molecule has 0 saturated carbocycles. The number of aromatic nitrogens is 3. The van der Waals surface area contributed by atoms with Crippen molar-refractivity contribution in [2.24, 2.45) is 0 Å². The molecule has 0 radical (unpaired) electrons. The molecule has 0 aliphatic carbocycles. The molecule has 90 valence electrons. The minimum absolute atomic E-state index is 0.0315. The Bertz CT molecular complexity index is 391. The maximum Gasteiger partial charge on any atom is 0.451 e. The summed E-state index contributed by atoms with van der Waals surface area (Å²) in [7, 11) is 0. The largest absolute Gasteiger partial charge is 0.481 e. The molecule has 0 fully saturated rings. The van der Waals surface area contributed by atoms with Crippen LogP contribution < -0.4 is 0 Å². The quantitative estimate of drug-likeness (QED) is 0.825. The number of carbonyl (C=O) groups is 1. The second kappa shape index (κ2) is 4.73. The van der Waals surface area contributed by atoms with Gasteiger partial charge < -0.3 is 5.11 Å². The number of hydrogen-bond donors (Lipinski definition) is 1. The number of hydrogen-bond acceptors (Lipinski definition) is 4. The summed E-state index contributed by atoms with van der Waals surface area (Å²) in [6.07, 6.45) is -4.58. The molecule has 0 unspecified atom stereocenters. The van der Waals surface area contributed by atoms with E-state index < -0.39 is 18.0 Å². The van der Waals surface area contributed by atoms with Gasteiger partial charge in [0.15, 0.2) is 5.16 Å². The summed E-state index contributed by atoms with van der Waals surface area (Å²) >= 11 is 0.706. The summed E-state index contributed by atoms with van der Waals surface area (Å²) in [6.45, 7) is 1.53. The van der Waals surface area contributed by atoms with E-state index in [1.165, 1.54) is 6.92 Å². The van der Waals surface area contributed by atoms with Gasteiger partial charge in [0.2, 0.25) is 5.82 Å². The number of aliphatic carboxylic acids is 1. The Hall–Kier alpha value is -1.25. The smallest absolute Gasteiger partial charge is 0.451 e. The van der Waals surface area contributed by atoms with Crippen LogP contribution >= 0.6 is 11.8 Å². The van der Waals surface area contributed by atoms with Gasteiger partial charge in [0.1, 0.15) is 0 Å². The molecule has 0 aliphatic heterocycles. The number of nitrogens with zero attached hydrogens (tertiary/aromatic N) is 3. The van der Waals surface area contributed by atoms with Crippen molar-refractivity contribution in [3.8, 4) is 0 Å². The molecular formula is C7H8F3N3O2S. The highest BCUT2D eigenvalue weighted by Crippen LogP contribution is 2.30. The van der Waals surface area contributed by atoms with Crippen LogP contribution in [0.15, 0.2) is 5.16 Å². The van der Waals surface area contributed by atoms with E-state index in [1.54, 1.807) is 0 Å². The minimum atomic E-state index is -4.58. The Labute approximate surface area is 92.7 Å². The number of carboxylic acid groups (broad SMARTS) is 1. The highest BCUT2D eigenvalue weighted by molar-refractivity contribution is 7.99. The lowest BCUT2D eigenvalue weighted by Crippen LogP contribution is -2.15. The second-order valence-electron chi connectivity index (χ2n) is 2.73. The summed E-state index contributed by atoms with van der Waals surface area (Å²) in [6, 6.07) is 0. The van der Waals surface area contributed by atoms with Gasteiger partial charge >= 0.3 is 12.1 Å². The Morgan fingerprint density at radius 3 is 2.56 bits per heavy atom. The molecule has 5 nitrogen and oxygen atoms in total. The molecule has 0 spiro atoms. The van der Waals surface area contributed by atoms with Gasteiger partial charge in [-0.05, 0) is 6.92 Å². The maximum absolute atomic E-state index is 12.4. The molecule has 1 aromatic heterocycles. The second-order valence-corrected chi connectivity index (χ2v) is 3.67. The minimum Gasteiger partial charge on any atom is -0.481 e. The summed E-state index contributed by atoms with van der Waals surface area (Å²) < 4.78 is 38.0. The fourth-order valence-electron chi connectivity index (χ4n) is 1.02. The Morgan fingerprint density at radius 1 is 1.50 bits per heavy atom. The van der Waals surface area contributed by atoms with E-state index >= 15 is 0 Å². The normalized spacial score (nSPS) is 11.8. The third kappa shape index (κ3) is 2.87. The SMILES string of the molecule is CCn1c(SCC(=O)O)nnc1C(F)(F)F. The van der Waals surface area contributed by atoms with Crippen LogP contribution in [0, 0.1) is 0 Å². The molecule has 16 heavy (non-hydrogen) atoms. The molecule has 0 amide bonds. The van der Waals surface area contributed by atoms with Gasteiger partial charge in [-0.1, -0.05) is 11.8 Å². The molecule has 0 aromatic carbocycles. The Kier molecular flexibility index (Phi) is 3.79. The zero-order valence-electron chi connectivity index (χ0n) is 8.15. The van der Waals surface area contributed by atoms with Gasteiger partial charge in [-0.25, -0.2) is 0 Å². The lowest BCUT2D eigenvalue weighted by molar-refractivity contribution is -0.147. The van der Waals surface area contributed by atoms with E-state index in [9.17, 15) is 18.0 Å². The first kappa shape index (κ1) is 12.8. The van der Waals surface area contributed by atoms with Crippen molar-refractivity contribution >= 4 is 17.7 Å². The predicted molar refractivity (Wildman–Crippen MR) is 49.1 cm³/mol. The lowest BCUT2D eigenvalue weighted by Gasteiger charge is -2.08. The van der Waals surface area contributed by atoms with Crippen LogP contribution in [-0.4, -0.2) is 31.6 Å². The molecule has 0 saturated heterocycles. The van der Waals surface area contributed by atoms with Gasteiger partial charge in [-0.3, -0.25) is 9.36 Å². The van der Waals surface area contributed by atoms with Crippen LogP contribution in [0.3, 0.4) is 0 Å². The van der Waals surface area contributed by atoms with Crippen molar-refractivity contribution in [1.29, 1.82) is 0 Å². The van der Waals surface area contributed by atoms with Crippen LogP contribution in [0.1, 0.15) is 12.7 Å². The van der Waals surface area contributed by atoms with Crippen LogP contribution in [-0.2, 0) is 17.5 Å². The lowest BCUT2D eigenvalue weighted by atomic mass is 10.5. The fraction of sp³-hybridized carbons (Fsp3) is 0.571. The van der Waals surface area contributed by atoms with Crippen LogP contribution in [0.5, 0.6) is 0 Å². The maximum atomic E-state index is 12.4. The molecule has 0 bridgehead atoms. The summed E-state index contributed by atoms with van der Waals surface area (Å²) in [5, 5.41) is 14.7. The molecule has 1 heterocycles. The summed E-state index contributed by atoms with van der Waals surface area (Å²) in [5.74, 6) is -2.58. The van der Waals surface area contributed by atoms with Gasteiger partial charge in [0.05, 0.1) is 5.75 Å². The predicted octanol–water partition coefficient (Wildman–Crippen LogP) is 1.49. The van der Waals surface area contributed by atoms with Crippen LogP contribution in [0.25, 0.3) is 0 Å². The average Bonchev–Trinajstić information content (AvgIpc) is 2.56. The van der Waals surface area contributed by atoms with Crippen LogP contribution in [0.2, 0.25) is 0 Å². The van der Waals surface area contributed by atoms with E-state index in [0.29, 0.717) is 11.8 Å². The number of thioether (sulfide) groups is 1. The van der Waals surface area contributed by atoms with Crippen molar-refractivity contribution in [1.82, 2.24) is 14.8 Å². The van der Waals surface area contributed by atoms with Crippen molar-refractivity contribution in [2.75, 3.05) is 5.75 Å². The third-order valence-corrected chi connectivity index (χ3v) is 2.56. The molecule has 1 rings (SSSR count). The number of carboxylic acids is 1. The van der Waals surface area contributed by atoms with Gasteiger partial charge in [-0.2, -0.15) is 13.2 Å². The van der Waals surface area contributed by atoms with Gasteiger partial charge in [0, 0.05) is 6.54 Å². The van der Waals surface area contributed by atoms with Crippen molar-refractivity contribution in [2.45, 2.75) is 24.8 Å². The molecule has 1 N–H and O–H groups in total. The van der Waals surface area contributed by atoms with Gasteiger partial charge in [-0.15, -0.1) is 10.2 Å². The number of alkyl halides is 3. The summed E-state index contributed by atoms with van der Waals surface area (Å²) in [5.41, 5.74) is 0. The van der Waals surface area contributed by atoms with Crippen molar-refractivity contribution in [3.63, 3.8) is 0 Å². The average molecular weight is 255 g/mol. The highest BCUT2D eigenvalue weighted by atomic mass is 32.2. The number of halogens is 3. The first-order valence-corrected chi connectivity index (χ1v) is 5.19. The van der Waals surface area contributed by atoms with E-state index in [2.05, 4.69) is 10.2 Å². The molecule has 1 aromatic rings. The third-order valence-electron chi connectivity index (χ3n) is 1.61. The topological polar surface area (TPSA) is 68.0 Å². The monoisotopic (exact) mass is 255 g/mol. The van der Waals surface area contributed by atoms with E-state index in [4.69, 9.17) is 5.11 Å². The fourth-order valence-corrected chi connectivity index (χ4v) is 1.74. The van der Waals surface area contributed by atoms with E-state index in [0.717, 1.165) is 4.57 Å². The molecule has 9 heteroatoms. The van der Waals surface area contributed by atoms with Crippen molar-refractivity contribution < 1.29 is 23.1 Å². The van der Waals surface area contributed by atoms with Crippen LogP contribution in [0.4, 0.5) is 13.2 Å².